The number of nitrogens with zero attached hydrogens (tertiary/aromatic N) is 2. The van der Waals surface area contributed by atoms with Gasteiger partial charge in [-0.05, 0) is 73.5 Å². The van der Waals surface area contributed by atoms with E-state index in [0.29, 0.717) is 38.7 Å². The molecule has 0 bridgehead atoms. The minimum absolute atomic E-state index is 0.220. The first-order valence-electron chi connectivity index (χ1n) is 13.2. The molecule has 1 aliphatic heterocycles. The number of methoxy groups -OCH3 is 2. The number of halogens is 1. The lowest BCUT2D eigenvalue weighted by Crippen LogP contribution is -2.39. The number of hydrogen-bond acceptors (Lipinski definition) is 8. The Balaban J connectivity index is 1.47. The predicted octanol–water partition coefficient (Wildman–Crippen LogP) is 5.16. The van der Waals surface area contributed by atoms with Gasteiger partial charge in [-0.15, -0.1) is 0 Å². The van der Waals surface area contributed by atoms with E-state index >= 15 is 0 Å². The number of carbonyl (C=O) groups excluding carboxylic acids is 1. The highest BCUT2D eigenvalue weighted by molar-refractivity contribution is 9.10. The van der Waals surface area contributed by atoms with Crippen LogP contribution >= 0.6 is 27.3 Å². The van der Waals surface area contributed by atoms with Crippen LogP contribution in [-0.2, 0) is 16.1 Å². The van der Waals surface area contributed by atoms with Crippen molar-refractivity contribution in [3.63, 3.8) is 0 Å². The molecular formula is C32H29BrN2O6S. The summed E-state index contributed by atoms with van der Waals surface area (Å²) >= 11 is 4.80. The Morgan fingerprint density at radius 3 is 2.50 bits per heavy atom. The molecule has 4 aromatic rings. The molecular weight excluding hydrogens is 620 g/mol. The normalized spacial score (nSPS) is 14.7. The molecule has 1 atom stereocenters. The average Bonchev–Trinajstić information content (AvgIpc) is 3.29. The molecule has 0 unspecified atom stereocenters. The van der Waals surface area contributed by atoms with E-state index in [4.69, 9.17) is 18.9 Å². The summed E-state index contributed by atoms with van der Waals surface area (Å²) < 4.78 is 25.0. The Labute approximate surface area is 255 Å². The maximum atomic E-state index is 13.8. The van der Waals surface area contributed by atoms with Crippen LogP contribution in [0.4, 0.5) is 0 Å². The van der Waals surface area contributed by atoms with E-state index in [1.807, 2.05) is 72.8 Å². The maximum Gasteiger partial charge on any atom is 0.338 e. The Hall–Kier alpha value is -4.15. The second kappa shape index (κ2) is 12.8. The summed E-state index contributed by atoms with van der Waals surface area (Å²) in [6.07, 6.45) is 1.82. The number of benzene rings is 3. The highest BCUT2D eigenvalue weighted by atomic mass is 79.9. The molecule has 0 amide bonds. The lowest BCUT2D eigenvalue weighted by Gasteiger charge is -2.24. The molecule has 5 rings (SSSR count). The minimum atomic E-state index is -0.663. The lowest BCUT2D eigenvalue weighted by atomic mass is 9.96. The van der Waals surface area contributed by atoms with Gasteiger partial charge in [-0.1, -0.05) is 51.5 Å². The van der Waals surface area contributed by atoms with Crippen LogP contribution in [0.15, 0.2) is 92.3 Å². The van der Waals surface area contributed by atoms with Crippen LogP contribution in [0.2, 0.25) is 0 Å². The Morgan fingerprint density at radius 2 is 1.81 bits per heavy atom. The fraction of sp³-hybridized carbons (Fsp3) is 0.219. The molecule has 8 nitrogen and oxygen atoms in total. The summed E-state index contributed by atoms with van der Waals surface area (Å²) in [5, 5.41) is 0. The lowest BCUT2D eigenvalue weighted by molar-refractivity contribution is -0.139. The van der Waals surface area contributed by atoms with Gasteiger partial charge in [0.2, 0.25) is 0 Å². The van der Waals surface area contributed by atoms with E-state index in [-0.39, 0.29) is 12.2 Å². The van der Waals surface area contributed by atoms with Crippen LogP contribution in [-0.4, -0.2) is 31.4 Å². The molecule has 1 aliphatic rings. The van der Waals surface area contributed by atoms with Gasteiger partial charge in [0.25, 0.3) is 5.56 Å². The van der Waals surface area contributed by atoms with E-state index < -0.39 is 12.0 Å². The number of aromatic nitrogens is 1. The standard InChI is InChI=1S/C32H29BrN2O6S/c1-5-40-31(37)28-19(2)34-32-35(29(28)21-7-6-8-23(33)16-21)30(36)27(42-32)15-20-9-11-24(12-10-20)41-18-22-17-25(38-3)13-14-26(22)39-4/h6-17,29H,5,18H2,1-4H3/b27-15-/t29-/m1/s1. The molecule has 0 saturated carbocycles. The van der Waals surface area contributed by atoms with Gasteiger partial charge in [-0.25, -0.2) is 9.79 Å². The fourth-order valence-corrected chi connectivity index (χ4v) is 6.21. The average molecular weight is 650 g/mol. The van der Waals surface area contributed by atoms with Crippen LogP contribution in [0.1, 0.15) is 36.6 Å². The second-order valence-electron chi connectivity index (χ2n) is 9.39. The van der Waals surface area contributed by atoms with Crippen molar-refractivity contribution in [3.05, 3.63) is 119 Å². The zero-order valence-corrected chi connectivity index (χ0v) is 26.0. The highest BCUT2D eigenvalue weighted by Crippen LogP contribution is 2.32. The van der Waals surface area contributed by atoms with E-state index in [1.54, 1.807) is 32.6 Å². The predicted molar refractivity (Wildman–Crippen MR) is 165 cm³/mol. The third-order valence-electron chi connectivity index (χ3n) is 6.74. The number of ether oxygens (including phenoxy) is 4. The Morgan fingerprint density at radius 1 is 1.05 bits per heavy atom. The van der Waals surface area contributed by atoms with Gasteiger partial charge in [-0.3, -0.25) is 9.36 Å². The fourth-order valence-electron chi connectivity index (χ4n) is 4.75. The number of fused-ring (bicyclic) bond motifs is 1. The van der Waals surface area contributed by atoms with Gasteiger partial charge in [0, 0.05) is 10.0 Å². The van der Waals surface area contributed by atoms with E-state index in [2.05, 4.69) is 20.9 Å². The van der Waals surface area contributed by atoms with Crippen molar-refractivity contribution in [2.75, 3.05) is 20.8 Å². The SMILES string of the molecule is CCOC(=O)C1=C(C)N=c2s/c(=C\c3ccc(OCc4cc(OC)ccc4OC)cc3)c(=O)n2[C@@H]1c1cccc(Br)c1. The van der Waals surface area contributed by atoms with Gasteiger partial charge in [0.1, 0.15) is 23.9 Å². The van der Waals surface area contributed by atoms with Gasteiger partial charge >= 0.3 is 5.97 Å². The highest BCUT2D eigenvalue weighted by Gasteiger charge is 2.33. The number of allylic oxidation sites excluding steroid dienone is 1. The molecule has 42 heavy (non-hydrogen) atoms. The summed E-state index contributed by atoms with van der Waals surface area (Å²) in [6, 6.07) is 19.9. The summed E-state index contributed by atoms with van der Waals surface area (Å²) in [6.45, 7) is 4.05. The van der Waals surface area contributed by atoms with Gasteiger partial charge in [0.05, 0.1) is 42.7 Å². The number of carbonyl (C=O) groups is 1. The minimum Gasteiger partial charge on any atom is -0.497 e. The summed E-state index contributed by atoms with van der Waals surface area (Å²) in [4.78, 5) is 32.0. The van der Waals surface area contributed by atoms with E-state index in [1.165, 1.54) is 11.3 Å². The second-order valence-corrected chi connectivity index (χ2v) is 11.3. The van der Waals surface area contributed by atoms with E-state index in [0.717, 1.165) is 26.9 Å². The largest absolute Gasteiger partial charge is 0.497 e. The Kier molecular flexibility index (Phi) is 8.94. The first-order chi connectivity index (χ1) is 20.3. The van der Waals surface area contributed by atoms with Crippen LogP contribution < -0.4 is 29.1 Å². The van der Waals surface area contributed by atoms with Crippen molar-refractivity contribution >= 4 is 39.3 Å². The molecule has 10 heteroatoms. The van der Waals surface area contributed by atoms with Crippen LogP contribution in [0.5, 0.6) is 17.2 Å². The smallest absolute Gasteiger partial charge is 0.338 e. The van der Waals surface area contributed by atoms with Crippen LogP contribution in [0.25, 0.3) is 6.08 Å². The third-order valence-corrected chi connectivity index (χ3v) is 8.22. The number of thiazole rings is 1. The van der Waals surface area contributed by atoms with Gasteiger partial charge < -0.3 is 18.9 Å². The molecule has 0 spiro atoms. The molecule has 0 fully saturated rings. The molecule has 0 radical (unpaired) electrons. The molecule has 0 aliphatic carbocycles. The van der Waals surface area contributed by atoms with Crippen molar-refractivity contribution in [2.24, 2.45) is 4.99 Å². The topological polar surface area (TPSA) is 88.4 Å². The van der Waals surface area contributed by atoms with Crippen LogP contribution in [0.3, 0.4) is 0 Å². The molecule has 1 aromatic heterocycles. The Bertz CT molecular complexity index is 1840. The number of rotatable bonds is 9. The molecule has 3 aromatic carbocycles. The summed E-state index contributed by atoms with van der Waals surface area (Å²) in [7, 11) is 3.23. The molecule has 0 N–H and O–H groups in total. The van der Waals surface area contributed by atoms with Crippen molar-refractivity contribution < 1.29 is 23.7 Å². The number of esters is 1. The van der Waals surface area contributed by atoms with Crippen molar-refractivity contribution in [1.29, 1.82) is 0 Å². The van der Waals surface area contributed by atoms with Crippen molar-refractivity contribution in [1.82, 2.24) is 4.57 Å². The first kappa shape index (κ1) is 29.3. The zero-order valence-electron chi connectivity index (χ0n) is 23.5. The molecule has 0 saturated heterocycles. The van der Waals surface area contributed by atoms with Crippen molar-refractivity contribution in [3.8, 4) is 17.2 Å². The quantitative estimate of drug-likeness (QED) is 0.233. The van der Waals surface area contributed by atoms with Crippen molar-refractivity contribution in [2.45, 2.75) is 26.5 Å². The first-order valence-corrected chi connectivity index (χ1v) is 14.8. The summed E-state index contributed by atoms with van der Waals surface area (Å²) in [5.41, 5.74) is 3.11. The molecule has 2 heterocycles. The van der Waals surface area contributed by atoms with Gasteiger partial charge in [0.15, 0.2) is 4.80 Å². The third kappa shape index (κ3) is 6.05. The van der Waals surface area contributed by atoms with E-state index in [9.17, 15) is 9.59 Å². The van der Waals surface area contributed by atoms with Crippen LogP contribution in [0, 0.1) is 0 Å². The summed E-state index contributed by atoms with van der Waals surface area (Å²) in [5.74, 6) is 1.62. The van der Waals surface area contributed by atoms with Gasteiger partial charge in [-0.2, -0.15) is 0 Å². The molecule has 216 valence electrons. The monoisotopic (exact) mass is 648 g/mol. The number of hydrogen-bond donors (Lipinski definition) is 0. The maximum absolute atomic E-state index is 13.8. The zero-order chi connectivity index (χ0) is 29.8.